The van der Waals surface area contributed by atoms with Crippen molar-refractivity contribution < 1.29 is 18.7 Å². The largest absolute Gasteiger partial charge is 0.480 e. The average molecular weight is 202 g/mol. The Morgan fingerprint density at radius 2 is 1.93 bits per heavy atom. The summed E-state index contributed by atoms with van der Waals surface area (Å²) in [6.07, 6.45) is 1.43. The fraction of sp³-hybridized carbons (Fsp3) is 0.250. The van der Waals surface area contributed by atoms with Crippen LogP contribution in [0, 0.1) is 11.6 Å². The molecule has 4 nitrogen and oxygen atoms in total. The van der Waals surface area contributed by atoms with Gasteiger partial charge in [-0.3, -0.25) is 4.98 Å². The number of halogens is 2. The third-order valence-corrected chi connectivity index (χ3v) is 1.82. The number of rotatable bonds is 2. The lowest BCUT2D eigenvalue weighted by molar-refractivity contribution is -0.143. The van der Waals surface area contributed by atoms with Gasteiger partial charge < -0.3 is 10.8 Å². The van der Waals surface area contributed by atoms with Gasteiger partial charge in [-0.05, 0) is 6.92 Å². The second-order valence-electron chi connectivity index (χ2n) is 2.99. The summed E-state index contributed by atoms with van der Waals surface area (Å²) in [5.74, 6) is -3.66. The van der Waals surface area contributed by atoms with E-state index in [0.29, 0.717) is 12.4 Å². The molecule has 1 unspecified atom stereocenters. The number of nitrogens with zero attached hydrogens (tertiary/aromatic N) is 1. The highest BCUT2D eigenvalue weighted by Crippen LogP contribution is 2.23. The zero-order chi connectivity index (χ0) is 10.9. The molecular formula is C8H8F2N2O2. The molecule has 0 aliphatic heterocycles. The van der Waals surface area contributed by atoms with Crippen LogP contribution in [0.4, 0.5) is 8.78 Å². The Morgan fingerprint density at radius 3 is 2.29 bits per heavy atom. The zero-order valence-corrected chi connectivity index (χ0v) is 7.29. The van der Waals surface area contributed by atoms with Crippen molar-refractivity contribution in [2.24, 2.45) is 5.73 Å². The van der Waals surface area contributed by atoms with Crippen molar-refractivity contribution in [2.45, 2.75) is 12.5 Å². The van der Waals surface area contributed by atoms with Crippen molar-refractivity contribution in [3.8, 4) is 0 Å². The lowest BCUT2D eigenvalue weighted by Crippen LogP contribution is -2.43. The van der Waals surface area contributed by atoms with Gasteiger partial charge in [0.1, 0.15) is 17.2 Å². The van der Waals surface area contributed by atoms with Gasteiger partial charge in [-0.1, -0.05) is 0 Å². The molecule has 0 aliphatic rings. The molecule has 0 amide bonds. The van der Waals surface area contributed by atoms with Gasteiger partial charge in [0.25, 0.3) is 0 Å². The third kappa shape index (κ3) is 1.56. The highest BCUT2D eigenvalue weighted by Gasteiger charge is 2.36. The van der Waals surface area contributed by atoms with Crippen LogP contribution >= 0.6 is 0 Å². The molecule has 0 radical (unpaired) electrons. The van der Waals surface area contributed by atoms with Gasteiger partial charge >= 0.3 is 5.97 Å². The van der Waals surface area contributed by atoms with Crippen molar-refractivity contribution in [1.82, 2.24) is 4.98 Å². The smallest absolute Gasteiger partial charge is 0.328 e. The maximum Gasteiger partial charge on any atom is 0.328 e. The molecule has 6 heteroatoms. The van der Waals surface area contributed by atoms with Crippen LogP contribution in [0.1, 0.15) is 12.5 Å². The van der Waals surface area contributed by atoms with E-state index >= 15 is 0 Å². The van der Waals surface area contributed by atoms with Crippen LogP contribution in [-0.4, -0.2) is 16.1 Å². The number of aliphatic carboxylic acids is 1. The number of aromatic nitrogens is 1. The van der Waals surface area contributed by atoms with E-state index in [9.17, 15) is 13.6 Å². The lowest BCUT2D eigenvalue weighted by atomic mass is 9.93. The molecule has 0 aromatic carbocycles. The van der Waals surface area contributed by atoms with Gasteiger partial charge in [-0.15, -0.1) is 0 Å². The first-order chi connectivity index (χ1) is 6.37. The molecule has 1 heterocycles. The Bertz CT molecular complexity index is 359. The predicted octanol–water partition coefficient (Wildman–Crippen LogP) is 0.618. The number of carboxylic acid groups (broad SMARTS) is 1. The van der Waals surface area contributed by atoms with Gasteiger partial charge in [0.15, 0.2) is 0 Å². The molecule has 0 aliphatic carbocycles. The zero-order valence-electron chi connectivity index (χ0n) is 7.29. The van der Waals surface area contributed by atoms with Crippen molar-refractivity contribution in [1.29, 1.82) is 0 Å². The number of pyridine rings is 1. The fourth-order valence-electron chi connectivity index (χ4n) is 1.01. The van der Waals surface area contributed by atoms with Crippen molar-refractivity contribution in [2.75, 3.05) is 0 Å². The molecule has 0 fully saturated rings. The van der Waals surface area contributed by atoms with Gasteiger partial charge in [0, 0.05) is 0 Å². The highest BCUT2D eigenvalue weighted by molar-refractivity contribution is 5.79. The number of nitrogens with two attached hydrogens (primary N) is 1. The minimum atomic E-state index is -2.10. The molecule has 0 bridgehead atoms. The van der Waals surface area contributed by atoms with Gasteiger partial charge in [-0.2, -0.15) is 0 Å². The summed E-state index contributed by atoms with van der Waals surface area (Å²) < 4.78 is 26.1. The normalized spacial score (nSPS) is 14.9. The third-order valence-electron chi connectivity index (χ3n) is 1.82. The van der Waals surface area contributed by atoms with Gasteiger partial charge in [0.2, 0.25) is 0 Å². The van der Waals surface area contributed by atoms with Crippen LogP contribution < -0.4 is 5.73 Å². The average Bonchev–Trinajstić information content (AvgIpc) is 2.02. The monoisotopic (exact) mass is 202 g/mol. The van der Waals surface area contributed by atoms with Gasteiger partial charge in [0.05, 0.1) is 18.0 Å². The van der Waals surface area contributed by atoms with Gasteiger partial charge in [-0.25, -0.2) is 13.6 Å². The number of carboxylic acids is 1. The maximum atomic E-state index is 13.1. The van der Waals surface area contributed by atoms with E-state index in [-0.39, 0.29) is 0 Å². The first-order valence-electron chi connectivity index (χ1n) is 3.69. The summed E-state index contributed by atoms with van der Waals surface area (Å²) in [4.78, 5) is 13.9. The SMILES string of the molecule is CC(N)(C(=O)O)c1c(F)cncc1F. The molecule has 0 spiro atoms. The topological polar surface area (TPSA) is 76.2 Å². The van der Waals surface area contributed by atoms with Crippen LogP contribution in [0.15, 0.2) is 12.4 Å². The number of hydrogen-bond donors (Lipinski definition) is 2. The number of carbonyl (C=O) groups is 1. The Balaban J connectivity index is 3.38. The minimum Gasteiger partial charge on any atom is -0.480 e. The quantitative estimate of drug-likeness (QED) is 0.737. The van der Waals surface area contributed by atoms with Crippen LogP contribution in [0.5, 0.6) is 0 Å². The van der Waals surface area contributed by atoms with E-state index < -0.39 is 28.7 Å². The molecule has 76 valence electrons. The maximum absolute atomic E-state index is 13.1. The predicted molar refractivity (Wildman–Crippen MR) is 43.3 cm³/mol. The van der Waals surface area contributed by atoms with E-state index in [2.05, 4.69) is 4.98 Å². The summed E-state index contributed by atoms with van der Waals surface area (Å²) in [6, 6.07) is 0. The summed E-state index contributed by atoms with van der Waals surface area (Å²) in [5.41, 5.74) is 2.48. The molecule has 1 rings (SSSR count). The molecule has 1 aromatic heterocycles. The standard InChI is InChI=1S/C8H8F2N2O2/c1-8(11,7(13)14)6-4(9)2-12-3-5(6)10/h2-3H,11H2,1H3,(H,13,14). The summed E-state index contributed by atoms with van der Waals surface area (Å²) in [7, 11) is 0. The first kappa shape index (κ1) is 10.5. The molecular weight excluding hydrogens is 194 g/mol. The Labute approximate surface area is 78.4 Å². The van der Waals surface area contributed by atoms with Crippen LogP contribution in [0.25, 0.3) is 0 Å². The number of hydrogen-bond acceptors (Lipinski definition) is 3. The molecule has 14 heavy (non-hydrogen) atoms. The minimum absolute atomic E-state index is 0.694. The molecule has 0 saturated heterocycles. The Kier molecular flexibility index (Phi) is 2.48. The lowest BCUT2D eigenvalue weighted by Gasteiger charge is -2.20. The van der Waals surface area contributed by atoms with E-state index in [1.807, 2.05) is 0 Å². The summed E-state index contributed by atoms with van der Waals surface area (Å²) in [6.45, 7) is 1.01. The molecule has 1 atom stereocenters. The fourth-order valence-corrected chi connectivity index (χ4v) is 1.01. The molecule has 1 aromatic rings. The van der Waals surface area contributed by atoms with E-state index in [4.69, 9.17) is 10.8 Å². The summed E-state index contributed by atoms with van der Waals surface area (Å²) >= 11 is 0. The van der Waals surface area contributed by atoms with Crippen molar-refractivity contribution in [3.63, 3.8) is 0 Å². The Morgan fingerprint density at radius 1 is 1.50 bits per heavy atom. The Hall–Kier alpha value is -1.56. The van der Waals surface area contributed by atoms with E-state index in [1.165, 1.54) is 0 Å². The van der Waals surface area contributed by atoms with Crippen LogP contribution in [0.2, 0.25) is 0 Å². The first-order valence-corrected chi connectivity index (χ1v) is 3.69. The second-order valence-corrected chi connectivity index (χ2v) is 2.99. The van der Waals surface area contributed by atoms with Crippen LogP contribution in [0.3, 0.4) is 0 Å². The molecule has 3 N–H and O–H groups in total. The van der Waals surface area contributed by atoms with Crippen molar-refractivity contribution in [3.05, 3.63) is 29.6 Å². The van der Waals surface area contributed by atoms with E-state index in [1.54, 1.807) is 0 Å². The molecule has 0 saturated carbocycles. The van der Waals surface area contributed by atoms with Crippen molar-refractivity contribution >= 4 is 5.97 Å². The summed E-state index contributed by atoms with van der Waals surface area (Å²) in [5, 5.41) is 8.66. The van der Waals surface area contributed by atoms with E-state index in [0.717, 1.165) is 6.92 Å². The second kappa shape index (κ2) is 3.30. The highest BCUT2D eigenvalue weighted by atomic mass is 19.1. The van der Waals surface area contributed by atoms with Crippen LogP contribution in [-0.2, 0) is 10.3 Å².